The normalized spacial score (nSPS) is 12.5. The van der Waals surface area contributed by atoms with Crippen LogP contribution < -0.4 is 9.37 Å². The van der Waals surface area contributed by atoms with Crippen molar-refractivity contribution in [3.05, 3.63) is 59.2 Å². The molecule has 0 saturated heterocycles. The van der Waals surface area contributed by atoms with Crippen LogP contribution in [0.25, 0.3) is 10.2 Å². The molecular formula is C16H17N4OS+. The molecule has 0 atom stereocenters. The van der Waals surface area contributed by atoms with Crippen LogP contribution in [0.15, 0.2) is 59.0 Å². The van der Waals surface area contributed by atoms with Crippen molar-refractivity contribution >= 4 is 27.8 Å². The van der Waals surface area contributed by atoms with E-state index in [1.807, 2.05) is 52.8 Å². The van der Waals surface area contributed by atoms with Crippen LogP contribution in [-0.4, -0.2) is 22.5 Å². The summed E-state index contributed by atoms with van der Waals surface area (Å²) < 4.78 is 5.15. The Morgan fingerprint density at radius 3 is 2.95 bits per heavy atom. The number of aromatic nitrogens is 2. The van der Waals surface area contributed by atoms with Gasteiger partial charge in [0.2, 0.25) is 4.80 Å². The Kier molecular flexibility index (Phi) is 4.41. The lowest BCUT2D eigenvalue weighted by Crippen LogP contribution is -2.34. The van der Waals surface area contributed by atoms with E-state index in [9.17, 15) is 0 Å². The van der Waals surface area contributed by atoms with E-state index in [4.69, 9.17) is 5.11 Å². The Hall–Kier alpha value is -2.31. The SMILES string of the molecule is Cn1/c(=N\N=C/c2ccc[n+](CCO)c2)sc2ccccc21. The van der Waals surface area contributed by atoms with Gasteiger partial charge in [-0.15, -0.1) is 5.10 Å². The van der Waals surface area contributed by atoms with E-state index in [2.05, 4.69) is 22.3 Å². The number of aliphatic hydroxyl groups excluding tert-OH is 1. The zero-order valence-corrected chi connectivity index (χ0v) is 13.1. The number of thiazole rings is 1. The van der Waals surface area contributed by atoms with Crippen LogP contribution in [-0.2, 0) is 13.6 Å². The van der Waals surface area contributed by atoms with Gasteiger partial charge in [0, 0.05) is 13.1 Å². The molecule has 2 aromatic heterocycles. The molecule has 0 fully saturated rings. The molecule has 3 aromatic rings. The summed E-state index contributed by atoms with van der Waals surface area (Å²) in [6.45, 7) is 0.692. The first-order valence-corrected chi connectivity index (χ1v) is 7.81. The van der Waals surface area contributed by atoms with E-state index in [-0.39, 0.29) is 6.61 Å². The molecule has 1 aromatic carbocycles. The molecule has 0 aliphatic rings. The number of nitrogens with zero attached hydrogens (tertiary/aromatic N) is 4. The summed E-state index contributed by atoms with van der Waals surface area (Å²) in [6.07, 6.45) is 5.56. The summed E-state index contributed by atoms with van der Waals surface area (Å²) in [4.78, 5) is 0.858. The van der Waals surface area contributed by atoms with Gasteiger partial charge in [-0.1, -0.05) is 23.5 Å². The number of rotatable bonds is 4. The van der Waals surface area contributed by atoms with Crippen LogP contribution in [0.2, 0.25) is 0 Å². The summed E-state index contributed by atoms with van der Waals surface area (Å²) in [5.41, 5.74) is 2.10. The van der Waals surface area contributed by atoms with Gasteiger partial charge < -0.3 is 9.67 Å². The lowest BCUT2D eigenvalue weighted by atomic mass is 10.3. The van der Waals surface area contributed by atoms with Crippen molar-refractivity contribution in [3.63, 3.8) is 0 Å². The fourth-order valence-electron chi connectivity index (χ4n) is 2.20. The van der Waals surface area contributed by atoms with Gasteiger partial charge in [-0.3, -0.25) is 0 Å². The zero-order chi connectivity index (χ0) is 15.4. The largest absolute Gasteiger partial charge is 0.390 e. The summed E-state index contributed by atoms with van der Waals surface area (Å²) in [5.74, 6) is 0. The molecule has 0 unspecified atom stereocenters. The Morgan fingerprint density at radius 2 is 2.14 bits per heavy atom. The molecule has 0 spiro atoms. The van der Waals surface area contributed by atoms with Gasteiger partial charge in [-0.25, -0.2) is 4.57 Å². The number of para-hydroxylation sites is 1. The number of fused-ring (bicyclic) bond motifs is 1. The molecule has 2 heterocycles. The minimum absolute atomic E-state index is 0.118. The Labute approximate surface area is 132 Å². The number of hydrogen-bond acceptors (Lipinski definition) is 4. The van der Waals surface area contributed by atoms with Gasteiger partial charge in [-0.05, 0) is 18.2 Å². The van der Waals surface area contributed by atoms with E-state index in [1.54, 1.807) is 17.6 Å². The molecule has 0 saturated carbocycles. The molecule has 112 valence electrons. The number of hydrogen-bond donors (Lipinski definition) is 1. The second-order valence-corrected chi connectivity index (χ2v) is 5.86. The summed E-state index contributed by atoms with van der Waals surface area (Å²) in [5, 5.41) is 17.4. The second kappa shape index (κ2) is 6.64. The van der Waals surface area contributed by atoms with Gasteiger partial charge in [0.25, 0.3) is 0 Å². The van der Waals surface area contributed by atoms with Gasteiger partial charge in [-0.2, -0.15) is 5.10 Å². The highest BCUT2D eigenvalue weighted by atomic mass is 32.1. The summed E-state index contributed by atoms with van der Waals surface area (Å²) >= 11 is 1.61. The molecular weight excluding hydrogens is 296 g/mol. The molecule has 0 radical (unpaired) electrons. The Morgan fingerprint density at radius 1 is 1.27 bits per heavy atom. The van der Waals surface area contributed by atoms with Crippen molar-refractivity contribution in [3.8, 4) is 0 Å². The fraction of sp³-hybridized carbons (Fsp3) is 0.188. The van der Waals surface area contributed by atoms with Gasteiger partial charge in [0.1, 0.15) is 6.61 Å². The molecule has 0 aliphatic carbocycles. The van der Waals surface area contributed by atoms with E-state index in [1.165, 1.54) is 4.70 Å². The van der Waals surface area contributed by atoms with E-state index >= 15 is 0 Å². The van der Waals surface area contributed by atoms with Crippen molar-refractivity contribution in [2.45, 2.75) is 6.54 Å². The molecule has 0 bridgehead atoms. The molecule has 0 aliphatic heterocycles. The van der Waals surface area contributed by atoms with Crippen molar-refractivity contribution in [1.82, 2.24) is 4.57 Å². The predicted octanol–water partition coefficient (Wildman–Crippen LogP) is 1.45. The monoisotopic (exact) mass is 313 g/mol. The van der Waals surface area contributed by atoms with Crippen molar-refractivity contribution in [1.29, 1.82) is 0 Å². The minimum atomic E-state index is 0.118. The van der Waals surface area contributed by atoms with Gasteiger partial charge in [0.15, 0.2) is 18.9 Å². The molecule has 22 heavy (non-hydrogen) atoms. The van der Waals surface area contributed by atoms with Crippen LogP contribution in [0.1, 0.15) is 5.56 Å². The van der Waals surface area contributed by atoms with Gasteiger partial charge >= 0.3 is 0 Å². The summed E-state index contributed by atoms with van der Waals surface area (Å²) in [7, 11) is 1.99. The van der Waals surface area contributed by atoms with Crippen LogP contribution in [0.5, 0.6) is 0 Å². The average molecular weight is 313 g/mol. The predicted molar refractivity (Wildman–Crippen MR) is 87.7 cm³/mol. The third kappa shape index (κ3) is 3.13. The number of pyridine rings is 1. The number of aryl methyl sites for hydroxylation is 1. The first-order valence-electron chi connectivity index (χ1n) is 6.99. The third-order valence-electron chi connectivity index (χ3n) is 3.30. The van der Waals surface area contributed by atoms with E-state index < -0.39 is 0 Å². The Bertz CT molecular complexity index is 879. The maximum absolute atomic E-state index is 8.96. The maximum Gasteiger partial charge on any atom is 0.211 e. The standard InChI is InChI=1S/C16H17N4OS/c1-19-14-6-2-3-7-15(14)22-16(19)18-17-11-13-5-4-8-20(12-13)9-10-21/h2-8,11-12,21H,9-10H2,1H3/q+1/b17-11-,18-16+. The Balaban J connectivity index is 1.89. The van der Waals surface area contributed by atoms with Crippen molar-refractivity contribution in [2.24, 2.45) is 17.3 Å². The smallest absolute Gasteiger partial charge is 0.211 e. The molecule has 6 heteroatoms. The molecule has 1 N–H and O–H groups in total. The first-order chi connectivity index (χ1) is 10.8. The topological polar surface area (TPSA) is 53.8 Å². The second-order valence-electron chi connectivity index (χ2n) is 4.85. The molecule has 3 rings (SSSR count). The lowest BCUT2D eigenvalue weighted by molar-refractivity contribution is -0.698. The van der Waals surface area contributed by atoms with Crippen molar-refractivity contribution < 1.29 is 9.67 Å². The quantitative estimate of drug-likeness (QED) is 0.442. The van der Waals surface area contributed by atoms with Crippen LogP contribution in [0, 0.1) is 0 Å². The van der Waals surface area contributed by atoms with E-state index in [0.29, 0.717) is 6.54 Å². The van der Waals surface area contributed by atoms with Crippen LogP contribution in [0.3, 0.4) is 0 Å². The summed E-state index contributed by atoms with van der Waals surface area (Å²) in [6, 6.07) is 12.1. The third-order valence-corrected chi connectivity index (χ3v) is 4.41. The highest BCUT2D eigenvalue weighted by Gasteiger charge is 2.01. The van der Waals surface area contributed by atoms with E-state index in [0.717, 1.165) is 15.9 Å². The first kappa shape index (κ1) is 14.6. The number of aliphatic hydroxyl groups is 1. The zero-order valence-electron chi connectivity index (χ0n) is 12.3. The van der Waals surface area contributed by atoms with Crippen molar-refractivity contribution in [2.75, 3.05) is 6.61 Å². The van der Waals surface area contributed by atoms with Crippen LogP contribution >= 0.6 is 11.3 Å². The van der Waals surface area contributed by atoms with Crippen LogP contribution in [0.4, 0.5) is 0 Å². The number of benzene rings is 1. The molecule has 0 amide bonds. The highest BCUT2D eigenvalue weighted by Crippen LogP contribution is 2.14. The lowest BCUT2D eigenvalue weighted by Gasteiger charge is -1.94. The van der Waals surface area contributed by atoms with Gasteiger partial charge in [0.05, 0.1) is 22.0 Å². The average Bonchev–Trinajstić information content (AvgIpc) is 2.85. The molecule has 5 nitrogen and oxygen atoms in total. The fourth-order valence-corrected chi connectivity index (χ4v) is 3.17. The minimum Gasteiger partial charge on any atom is -0.390 e. The highest BCUT2D eigenvalue weighted by molar-refractivity contribution is 7.16. The maximum atomic E-state index is 8.96.